The standard InChI is InChI=1S/C7H8N2O3/c8-4-5-1-2-7(10)6(3-5)9(11)12/h1-3,10H,4,8H2. The number of benzene rings is 1. The molecule has 0 amide bonds. The first-order chi connectivity index (χ1) is 5.65. The van der Waals surface area contributed by atoms with Gasteiger partial charge in [-0.25, -0.2) is 0 Å². The van der Waals surface area contributed by atoms with E-state index in [2.05, 4.69) is 0 Å². The summed E-state index contributed by atoms with van der Waals surface area (Å²) in [7, 11) is 0. The van der Waals surface area contributed by atoms with Crippen LogP contribution < -0.4 is 5.73 Å². The first-order valence-electron chi connectivity index (χ1n) is 3.31. The summed E-state index contributed by atoms with van der Waals surface area (Å²) in [6.07, 6.45) is 0. The molecular weight excluding hydrogens is 160 g/mol. The van der Waals surface area contributed by atoms with Crippen molar-refractivity contribution < 1.29 is 10.0 Å². The number of nitro groups is 1. The van der Waals surface area contributed by atoms with Gasteiger partial charge in [0.05, 0.1) is 4.92 Å². The summed E-state index contributed by atoms with van der Waals surface area (Å²) in [5, 5.41) is 19.3. The lowest BCUT2D eigenvalue weighted by Crippen LogP contribution is -1.97. The van der Waals surface area contributed by atoms with Gasteiger partial charge in [0.1, 0.15) is 0 Å². The number of nitrogens with two attached hydrogens (primary N) is 1. The molecule has 0 saturated heterocycles. The van der Waals surface area contributed by atoms with E-state index >= 15 is 0 Å². The predicted octanol–water partition coefficient (Wildman–Crippen LogP) is 0.759. The van der Waals surface area contributed by atoms with Crippen LogP contribution in [0.15, 0.2) is 18.2 Å². The number of rotatable bonds is 2. The molecule has 5 nitrogen and oxygen atoms in total. The molecule has 0 fully saturated rings. The number of hydrogen-bond donors (Lipinski definition) is 2. The Balaban J connectivity index is 3.17. The van der Waals surface area contributed by atoms with Crippen molar-refractivity contribution in [1.29, 1.82) is 0 Å². The van der Waals surface area contributed by atoms with Crippen LogP contribution in [0.4, 0.5) is 5.69 Å². The Hall–Kier alpha value is -1.62. The van der Waals surface area contributed by atoms with E-state index in [0.29, 0.717) is 5.56 Å². The number of nitro benzene ring substituents is 1. The Morgan fingerprint density at radius 3 is 2.75 bits per heavy atom. The zero-order chi connectivity index (χ0) is 9.14. The van der Waals surface area contributed by atoms with Crippen molar-refractivity contribution in [3.8, 4) is 5.75 Å². The smallest absolute Gasteiger partial charge is 0.311 e. The van der Waals surface area contributed by atoms with Gasteiger partial charge < -0.3 is 10.8 Å². The number of phenolic OH excluding ortho intramolecular Hbond substituents is 1. The highest BCUT2D eigenvalue weighted by Gasteiger charge is 2.12. The first-order valence-corrected chi connectivity index (χ1v) is 3.31. The third-order valence-corrected chi connectivity index (χ3v) is 1.47. The van der Waals surface area contributed by atoms with Gasteiger partial charge in [-0.2, -0.15) is 0 Å². The van der Waals surface area contributed by atoms with Gasteiger partial charge in [0.25, 0.3) is 0 Å². The molecular formula is C7H8N2O3. The lowest BCUT2D eigenvalue weighted by atomic mass is 10.2. The minimum atomic E-state index is -0.644. The fourth-order valence-corrected chi connectivity index (χ4v) is 0.842. The quantitative estimate of drug-likeness (QED) is 0.503. The van der Waals surface area contributed by atoms with Gasteiger partial charge in [-0.15, -0.1) is 0 Å². The van der Waals surface area contributed by atoms with E-state index < -0.39 is 4.92 Å². The molecule has 1 rings (SSSR count). The summed E-state index contributed by atoms with van der Waals surface area (Å²) in [6, 6.07) is 4.07. The molecule has 3 N–H and O–H groups in total. The van der Waals surface area contributed by atoms with Crippen LogP contribution in [0.25, 0.3) is 0 Å². The van der Waals surface area contributed by atoms with E-state index in [-0.39, 0.29) is 18.0 Å². The number of phenols is 1. The van der Waals surface area contributed by atoms with Crippen LogP contribution in [0.3, 0.4) is 0 Å². The molecule has 1 aromatic carbocycles. The zero-order valence-electron chi connectivity index (χ0n) is 6.23. The van der Waals surface area contributed by atoms with Crippen LogP contribution >= 0.6 is 0 Å². The molecule has 0 bridgehead atoms. The molecule has 5 heteroatoms. The Bertz CT molecular complexity index is 312. The maximum atomic E-state index is 10.3. The Labute approximate surface area is 68.6 Å². The van der Waals surface area contributed by atoms with Gasteiger partial charge in [-0.05, 0) is 11.6 Å². The van der Waals surface area contributed by atoms with Gasteiger partial charge in [-0.1, -0.05) is 6.07 Å². The highest BCUT2D eigenvalue weighted by Crippen LogP contribution is 2.25. The average Bonchev–Trinajstić information content (AvgIpc) is 2.05. The zero-order valence-corrected chi connectivity index (χ0v) is 6.23. The Morgan fingerprint density at radius 1 is 1.58 bits per heavy atom. The number of nitrogens with zero attached hydrogens (tertiary/aromatic N) is 1. The molecule has 0 spiro atoms. The molecule has 0 radical (unpaired) electrons. The summed E-state index contributed by atoms with van der Waals surface area (Å²) in [6.45, 7) is 0.223. The number of hydrogen-bond acceptors (Lipinski definition) is 4. The van der Waals surface area contributed by atoms with Gasteiger partial charge in [0, 0.05) is 12.6 Å². The Morgan fingerprint density at radius 2 is 2.25 bits per heavy atom. The summed E-state index contributed by atoms with van der Waals surface area (Å²) in [5.74, 6) is -0.336. The minimum absolute atomic E-state index is 0.223. The van der Waals surface area contributed by atoms with Crippen molar-refractivity contribution in [1.82, 2.24) is 0 Å². The molecule has 0 heterocycles. The van der Waals surface area contributed by atoms with E-state index in [4.69, 9.17) is 10.8 Å². The molecule has 12 heavy (non-hydrogen) atoms. The molecule has 0 aliphatic rings. The summed E-state index contributed by atoms with van der Waals surface area (Å²) in [5.41, 5.74) is 5.58. The second-order valence-corrected chi connectivity index (χ2v) is 2.28. The monoisotopic (exact) mass is 168 g/mol. The second kappa shape index (κ2) is 3.19. The first kappa shape index (κ1) is 8.48. The van der Waals surface area contributed by atoms with Crippen LogP contribution in [0, 0.1) is 10.1 Å². The molecule has 0 aliphatic heterocycles. The van der Waals surface area contributed by atoms with Crippen LogP contribution in [-0.2, 0) is 6.54 Å². The largest absolute Gasteiger partial charge is 0.502 e. The van der Waals surface area contributed by atoms with Crippen molar-refractivity contribution in [2.75, 3.05) is 0 Å². The average molecular weight is 168 g/mol. The minimum Gasteiger partial charge on any atom is -0.502 e. The van der Waals surface area contributed by atoms with Crippen molar-refractivity contribution in [3.05, 3.63) is 33.9 Å². The second-order valence-electron chi connectivity index (χ2n) is 2.28. The molecule has 0 aliphatic carbocycles. The third-order valence-electron chi connectivity index (χ3n) is 1.47. The summed E-state index contributed by atoms with van der Waals surface area (Å²) >= 11 is 0. The molecule has 64 valence electrons. The fourth-order valence-electron chi connectivity index (χ4n) is 0.842. The van der Waals surface area contributed by atoms with Crippen LogP contribution in [-0.4, -0.2) is 10.0 Å². The van der Waals surface area contributed by atoms with E-state index in [1.807, 2.05) is 0 Å². The highest BCUT2D eigenvalue weighted by molar-refractivity contribution is 5.47. The predicted molar refractivity (Wildman–Crippen MR) is 42.7 cm³/mol. The van der Waals surface area contributed by atoms with Gasteiger partial charge >= 0.3 is 5.69 Å². The normalized spacial score (nSPS) is 9.75. The van der Waals surface area contributed by atoms with Crippen molar-refractivity contribution in [2.24, 2.45) is 5.73 Å². The van der Waals surface area contributed by atoms with E-state index in [9.17, 15) is 10.1 Å². The van der Waals surface area contributed by atoms with Crippen molar-refractivity contribution >= 4 is 5.69 Å². The third kappa shape index (κ3) is 1.51. The molecule has 0 aromatic heterocycles. The molecule has 0 saturated carbocycles. The van der Waals surface area contributed by atoms with Crippen molar-refractivity contribution in [3.63, 3.8) is 0 Å². The maximum absolute atomic E-state index is 10.3. The van der Waals surface area contributed by atoms with Crippen LogP contribution in [0.5, 0.6) is 5.75 Å². The highest BCUT2D eigenvalue weighted by atomic mass is 16.6. The summed E-state index contributed by atoms with van der Waals surface area (Å²) < 4.78 is 0. The lowest BCUT2D eigenvalue weighted by molar-refractivity contribution is -0.385. The van der Waals surface area contributed by atoms with Crippen LogP contribution in [0.2, 0.25) is 0 Å². The van der Waals surface area contributed by atoms with Crippen LogP contribution in [0.1, 0.15) is 5.56 Å². The molecule has 0 unspecified atom stereocenters. The molecule has 1 aromatic rings. The fraction of sp³-hybridized carbons (Fsp3) is 0.143. The van der Waals surface area contributed by atoms with E-state index in [1.54, 1.807) is 6.07 Å². The Kier molecular flexibility index (Phi) is 2.25. The summed E-state index contributed by atoms with van der Waals surface area (Å²) in [4.78, 5) is 9.65. The van der Waals surface area contributed by atoms with E-state index in [1.165, 1.54) is 12.1 Å². The van der Waals surface area contributed by atoms with Gasteiger partial charge in [-0.3, -0.25) is 10.1 Å². The SMILES string of the molecule is NCc1ccc(O)c([N+](=O)[O-])c1. The molecule has 0 atom stereocenters. The lowest BCUT2D eigenvalue weighted by Gasteiger charge is -1.98. The number of aromatic hydroxyl groups is 1. The van der Waals surface area contributed by atoms with Crippen molar-refractivity contribution in [2.45, 2.75) is 6.54 Å². The van der Waals surface area contributed by atoms with E-state index in [0.717, 1.165) is 0 Å². The van der Waals surface area contributed by atoms with Gasteiger partial charge in [0.2, 0.25) is 0 Å². The maximum Gasteiger partial charge on any atom is 0.311 e. The van der Waals surface area contributed by atoms with Gasteiger partial charge in [0.15, 0.2) is 5.75 Å². The topological polar surface area (TPSA) is 89.4 Å².